The lowest BCUT2D eigenvalue weighted by Gasteiger charge is -2.36. The maximum Gasteiger partial charge on any atom is 0.410 e. The van der Waals surface area contributed by atoms with Crippen molar-refractivity contribution in [3.63, 3.8) is 0 Å². The molecule has 1 saturated heterocycles. The number of fused-ring (bicyclic) bond motifs is 2. The summed E-state index contributed by atoms with van der Waals surface area (Å²) in [6.45, 7) is 9.58. The smallest absolute Gasteiger partial charge is 0.410 e. The van der Waals surface area contributed by atoms with Gasteiger partial charge in [-0.05, 0) is 46.0 Å². The predicted molar refractivity (Wildman–Crippen MR) is 132 cm³/mol. The second kappa shape index (κ2) is 9.33. The fraction of sp³-hybridized carbons (Fsp3) is 0.520. The van der Waals surface area contributed by atoms with Gasteiger partial charge in [0, 0.05) is 57.7 Å². The van der Waals surface area contributed by atoms with Gasteiger partial charge in [-0.15, -0.1) is 0 Å². The average molecular weight is 480 g/mol. The molecule has 0 radical (unpaired) electrons. The minimum atomic E-state index is -0.496. The molecule has 3 aromatic heterocycles. The van der Waals surface area contributed by atoms with E-state index in [-0.39, 0.29) is 12.1 Å². The van der Waals surface area contributed by atoms with Crippen LogP contribution in [0.4, 0.5) is 10.7 Å². The molecular weight excluding hydrogens is 446 g/mol. The van der Waals surface area contributed by atoms with Crippen molar-refractivity contribution in [3.8, 4) is 5.75 Å². The van der Waals surface area contributed by atoms with Crippen LogP contribution in [0.15, 0.2) is 36.8 Å². The maximum atomic E-state index is 12.4. The van der Waals surface area contributed by atoms with Gasteiger partial charge in [0.2, 0.25) is 5.95 Å². The number of hydrogen-bond acceptors (Lipinski definition) is 8. The predicted octanol–water partition coefficient (Wildman–Crippen LogP) is 3.14. The molecular formula is C25H33N7O3. The molecule has 35 heavy (non-hydrogen) atoms. The van der Waals surface area contributed by atoms with Crippen LogP contribution in [0.3, 0.4) is 0 Å². The second-order valence-corrected chi connectivity index (χ2v) is 10.1. The van der Waals surface area contributed by atoms with Gasteiger partial charge in [-0.2, -0.15) is 0 Å². The van der Waals surface area contributed by atoms with E-state index in [1.165, 1.54) is 0 Å². The normalized spacial score (nSPS) is 18.5. The standard InChI is InChI=1S/C25H33N7O3/c1-25(2,3)35-24(33)31-13-11-30(12-14-31)23-27-10-7-21-28-18(17-32(21)23)16-29(4)19-8-15-34-20-6-5-9-26-22(19)20/h5-7,9-10,17,19H,8,11-16H2,1-4H3. The number of imidazole rings is 1. The number of carbonyl (C=O) groups is 1. The topological polar surface area (TPSA) is 88.3 Å². The van der Waals surface area contributed by atoms with Crippen LogP contribution in [0.5, 0.6) is 5.75 Å². The number of piperazine rings is 1. The fourth-order valence-electron chi connectivity index (χ4n) is 4.67. The Morgan fingerprint density at radius 1 is 1.17 bits per heavy atom. The molecule has 3 aromatic rings. The Morgan fingerprint density at radius 3 is 2.74 bits per heavy atom. The summed E-state index contributed by atoms with van der Waals surface area (Å²) in [5.41, 5.74) is 2.32. The summed E-state index contributed by atoms with van der Waals surface area (Å²) < 4.78 is 13.3. The molecule has 1 atom stereocenters. The van der Waals surface area contributed by atoms with Crippen LogP contribution >= 0.6 is 0 Å². The highest BCUT2D eigenvalue weighted by Gasteiger charge is 2.29. The average Bonchev–Trinajstić information content (AvgIpc) is 3.25. The molecule has 0 saturated carbocycles. The highest BCUT2D eigenvalue weighted by atomic mass is 16.6. The first-order chi connectivity index (χ1) is 16.8. The molecule has 0 bridgehead atoms. The van der Waals surface area contributed by atoms with Crippen molar-refractivity contribution in [1.29, 1.82) is 0 Å². The van der Waals surface area contributed by atoms with E-state index in [4.69, 9.17) is 14.5 Å². The summed E-state index contributed by atoms with van der Waals surface area (Å²) in [7, 11) is 2.10. The van der Waals surface area contributed by atoms with E-state index >= 15 is 0 Å². The van der Waals surface area contributed by atoms with Gasteiger partial charge in [-0.3, -0.25) is 14.3 Å². The molecule has 5 rings (SSSR count). The van der Waals surface area contributed by atoms with Gasteiger partial charge in [-0.25, -0.2) is 14.8 Å². The molecule has 0 N–H and O–H groups in total. The monoisotopic (exact) mass is 479 g/mol. The van der Waals surface area contributed by atoms with Crippen LogP contribution < -0.4 is 9.64 Å². The third-order valence-corrected chi connectivity index (χ3v) is 6.33. The Kier molecular flexibility index (Phi) is 6.22. The van der Waals surface area contributed by atoms with E-state index in [9.17, 15) is 4.79 Å². The Balaban J connectivity index is 1.29. The number of nitrogens with zero attached hydrogens (tertiary/aromatic N) is 7. The molecule has 1 amide bonds. The Hall–Kier alpha value is -3.40. The van der Waals surface area contributed by atoms with E-state index in [0.717, 1.165) is 35.2 Å². The summed E-state index contributed by atoms with van der Waals surface area (Å²) in [5.74, 6) is 1.70. The highest BCUT2D eigenvalue weighted by molar-refractivity contribution is 5.68. The minimum absolute atomic E-state index is 0.184. The van der Waals surface area contributed by atoms with Gasteiger partial charge >= 0.3 is 6.09 Å². The van der Waals surface area contributed by atoms with Gasteiger partial charge in [0.1, 0.15) is 17.0 Å². The van der Waals surface area contributed by atoms with E-state index < -0.39 is 5.60 Å². The van der Waals surface area contributed by atoms with Gasteiger partial charge in [0.15, 0.2) is 0 Å². The molecule has 10 nitrogen and oxygen atoms in total. The van der Waals surface area contributed by atoms with E-state index in [2.05, 4.69) is 33.0 Å². The number of anilines is 1. The third kappa shape index (κ3) is 5.02. The van der Waals surface area contributed by atoms with Gasteiger partial charge in [-0.1, -0.05) is 0 Å². The SMILES string of the molecule is CN(Cc1cn2c(N3CCN(C(=O)OC(C)(C)C)CC3)nccc2n1)C1CCOc2cccnc21. The van der Waals surface area contributed by atoms with Crippen molar-refractivity contribution >= 4 is 17.7 Å². The third-order valence-electron chi connectivity index (χ3n) is 6.33. The van der Waals surface area contributed by atoms with Crippen molar-refractivity contribution in [2.45, 2.75) is 45.4 Å². The minimum Gasteiger partial charge on any atom is -0.492 e. The highest BCUT2D eigenvalue weighted by Crippen LogP contribution is 2.34. The maximum absolute atomic E-state index is 12.4. The molecule has 1 fully saturated rings. The van der Waals surface area contributed by atoms with Crippen LogP contribution in [-0.4, -0.2) is 80.7 Å². The molecule has 2 aliphatic heterocycles. The van der Waals surface area contributed by atoms with E-state index in [1.54, 1.807) is 11.1 Å². The number of amides is 1. The van der Waals surface area contributed by atoms with Crippen molar-refractivity contribution in [1.82, 2.24) is 29.2 Å². The summed E-state index contributed by atoms with van der Waals surface area (Å²) >= 11 is 0. The molecule has 5 heterocycles. The van der Waals surface area contributed by atoms with Crippen molar-refractivity contribution in [2.75, 3.05) is 44.7 Å². The number of rotatable bonds is 4. The molecule has 0 aliphatic carbocycles. The van der Waals surface area contributed by atoms with Crippen molar-refractivity contribution < 1.29 is 14.3 Å². The van der Waals surface area contributed by atoms with Crippen LogP contribution in [0.2, 0.25) is 0 Å². The van der Waals surface area contributed by atoms with Gasteiger partial charge < -0.3 is 19.3 Å². The quantitative estimate of drug-likeness (QED) is 0.564. The number of ether oxygens (including phenoxy) is 2. The number of hydrogen-bond donors (Lipinski definition) is 0. The van der Waals surface area contributed by atoms with Crippen LogP contribution in [0.25, 0.3) is 5.65 Å². The van der Waals surface area contributed by atoms with E-state index in [0.29, 0.717) is 39.3 Å². The zero-order valence-electron chi connectivity index (χ0n) is 20.8. The number of carbonyl (C=O) groups excluding carboxylic acids is 1. The Labute approximate surface area is 205 Å². The lowest BCUT2D eigenvalue weighted by Crippen LogP contribution is -2.50. The fourth-order valence-corrected chi connectivity index (χ4v) is 4.67. The van der Waals surface area contributed by atoms with E-state index in [1.807, 2.05) is 49.6 Å². The molecule has 0 aromatic carbocycles. The number of pyridine rings is 1. The van der Waals surface area contributed by atoms with Crippen molar-refractivity contribution in [2.24, 2.45) is 0 Å². The Bertz CT molecular complexity index is 1200. The van der Waals surface area contributed by atoms with Gasteiger partial charge in [0.05, 0.1) is 24.0 Å². The molecule has 1 unspecified atom stereocenters. The summed E-state index contributed by atoms with van der Waals surface area (Å²) in [4.78, 5) is 32.7. The Morgan fingerprint density at radius 2 is 1.97 bits per heavy atom. The summed E-state index contributed by atoms with van der Waals surface area (Å²) in [5, 5.41) is 0. The molecule has 186 valence electrons. The van der Waals surface area contributed by atoms with Crippen LogP contribution in [0, 0.1) is 0 Å². The lowest BCUT2D eigenvalue weighted by atomic mass is 10.1. The summed E-state index contributed by atoms with van der Waals surface area (Å²) in [6.07, 6.45) is 6.31. The molecule has 10 heteroatoms. The zero-order valence-corrected chi connectivity index (χ0v) is 20.8. The first kappa shape index (κ1) is 23.3. The number of aromatic nitrogens is 4. The lowest BCUT2D eigenvalue weighted by molar-refractivity contribution is 0.0240. The van der Waals surface area contributed by atoms with Crippen molar-refractivity contribution in [3.05, 3.63) is 48.2 Å². The zero-order chi connectivity index (χ0) is 24.6. The first-order valence-corrected chi connectivity index (χ1v) is 12.1. The molecule has 2 aliphatic rings. The summed E-state index contributed by atoms with van der Waals surface area (Å²) in [6, 6.07) is 6.00. The second-order valence-electron chi connectivity index (χ2n) is 10.1. The molecule has 0 spiro atoms. The first-order valence-electron chi connectivity index (χ1n) is 12.1. The largest absolute Gasteiger partial charge is 0.492 e. The van der Waals surface area contributed by atoms with Crippen LogP contribution in [-0.2, 0) is 11.3 Å². The van der Waals surface area contributed by atoms with Crippen LogP contribution in [0.1, 0.15) is 44.6 Å². The van der Waals surface area contributed by atoms with Gasteiger partial charge in [0.25, 0.3) is 0 Å².